The smallest absolute Gasteiger partial charge is 0.256 e. The van der Waals surface area contributed by atoms with Crippen molar-refractivity contribution in [2.24, 2.45) is 5.92 Å². The number of nitrogens with zero attached hydrogens (tertiary/aromatic N) is 5. The summed E-state index contributed by atoms with van der Waals surface area (Å²) >= 11 is 3.38. The van der Waals surface area contributed by atoms with E-state index in [1.807, 2.05) is 42.2 Å². The summed E-state index contributed by atoms with van der Waals surface area (Å²) < 4.78 is 6.83. The third kappa shape index (κ3) is 4.38. The van der Waals surface area contributed by atoms with Crippen LogP contribution in [-0.4, -0.2) is 50.0 Å². The summed E-state index contributed by atoms with van der Waals surface area (Å²) in [5.74, 6) is 0.841. The van der Waals surface area contributed by atoms with Crippen LogP contribution in [0.5, 0.6) is 5.88 Å². The zero-order chi connectivity index (χ0) is 21.1. The molecule has 1 amide bonds. The van der Waals surface area contributed by atoms with Crippen molar-refractivity contribution < 1.29 is 9.53 Å². The number of carbonyl (C=O) groups is 1. The van der Waals surface area contributed by atoms with Crippen LogP contribution in [0.25, 0.3) is 5.69 Å². The lowest BCUT2D eigenvalue weighted by molar-refractivity contribution is 0.0448. The maximum atomic E-state index is 13.5. The topological polar surface area (TPSA) is 73.1 Å². The summed E-state index contributed by atoms with van der Waals surface area (Å²) in [6, 6.07) is 9.59. The lowest BCUT2D eigenvalue weighted by Crippen LogP contribution is -2.48. The highest BCUT2D eigenvalue weighted by Gasteiger charge is 2.33. The van der Waals surface area contributed by atoms with Gasteiger partial charge in [-0.05, 0) is 60.8 Å². The summed E-state index contributed by atoms with van der Waals surface area (Å²) in [5.41, 5.74) is 2.34. The van der Waals surface area contributed by atoms with E-state index in [2.05, 4.69) is 38.0 Å². The molecule has 1 fully saturated rings. The van der Waals surface area contributed by atoms with Crippen LogP contribution in [0.3, 0.4) is 0 Å². The van der Waals surface area contributed by atoms with Gasteiger partial charge in [0.2, 0.25) is 5.88 Å². The van der Waals surface area contributed by atoms with Gasteiger partial charge in [-0.1, -0.05) is 11.6 Å². The van der Waals surface area contributed by atoms with E-state index in [1.165, 1.54) is 4.80 Å². The van der Waals surface area contributed by atoms with Gasteiger partial charge >= 0.3 is 0 Å². The van der Waals surface area contributed by atoms with E-state index in [0.29, 0.717) is 23.7 Å². The molecular formula is C22H24BrN5O2. The highest BCUT2D eigenvalue weighted by molar-refractivity contribution is 9.10. The quantitative estimate of drug-likeness (QED) is 0.563. The number of hydrogen-bond donors (Lipinski definition) is 0. The molecule has 1 aromatic carbocycles. The molecule has 1 aliphatic heterocycles. The van der Waals surface area contributed by atoms with Crippen LogP contribution in [0, 0.1) is 12.8 Å². The highest BCUT2D eigenvalue weighted by atomic mass is 79.9. The van der Waals surface area contributed by atoms with E-state index < -0.39 is 0 Å². The van der Waals surface area contributed by atoms with Crippen molar-refractivity contribution in [2.75, 3.05) is 13.2 Å². The van der Waals surface area contributed by atoms with Crippen LogP contribution >= 0.6 is 15.9 Å². The molecule has 2 atom stereocenters. The first-order valence-electron chi connectivity index (χ1n) is 10.1. The Kier molecular flexibility index (Phi) is 6.13. The Morgan fingerprint density at radius 2 is 2.03 bits per heavy atom. The summed E-state index contributed by atoms with van der Waals surface area (Å²) in [7, 11) is 0. The molecule has 7 nitrogen and oxygen atoms in total. The van der Waals surface area contributed by atoms with E-state index in [-0.39, 0.29) is 17.9 Å². The summed E-state index contributed by atoms with van der Waals surface area (Å²) in [4.78, 5) is 21.3. The fourth-order valence-corrected chi connectivity index (χ4v) is 4.10. The van der Waals surface area contributed by atoms with Crippen molar-refractivity contribution in [3.05, 3.63) is 64.5 Å². The Morgan fingerprint density at radius 3 is 2.77 bits per heavy atom. The van der Waals surface area contributed by atoms with Crippen molar-refractivity contribution in [1.82, 2.24) is 24.9 Å². The molecule has 1 saturated heterocycles. The van der Waals surface area contributed by atoms with Crippen LogP contribution in [0.2, 0.25) is 0 Å². The van der Waals surface area contributed by atoms with E-state index >= 15 is 0 Å². The van der Waals surface area contributed by atoms with E-state index in [0.717, 1.165) is 29.4 Å². The standard InChI is InChI=1S/C22H24BrN5O2/c1-15-5-7-20(28-25-9-10-26-28)19(12-15)22(29)27-11-3-4-17(16(27)2)14-30-21-8-6-18(23)13-24-21/h5-10,12-13,16-17H,3-4,11,14H2,1-2H3/t16-,17-/m0/s1. The van der Waals surface area contributed by atoms with Crippen molar-refractivity contribution in [3.63, 3.8) is 0 Å². The lowest BCUT2D eigenvalue weighted by atomic mass is 9.90. The number of aryl methyl sites for hydroxylation is 1. The molecular weight excluding hydrogens is 446 g/mol. The Hall–Kier alpha value is -2.74. The zero-order valence-corrected chi connectivity index (χ0v) is 18.6. The Labute approximate surface area is 184 Å². The fourth-order valence-electron chi connectivity index (χ4n) is 3.86. The van der Waals surface area contributed by atoms with E-state index in [4.69, 9.17) is 4.74 Å². The molecule has 0 aliphatic carbocycles. The largest absolute Gasteiger partial charge is 0.477 e. The van der Waals surface area contributed by atoms with Crippen molar-refractivity contribution in [1.29, 1.82) is 0 Å². The van der Waals surface area contributed by atoms with Crippen LogP contribution in [0.4, 0.5) is 0 Å². The summed E-state index contributed by atoms with van der Waals surface area (Å²) in [6.07, 6.45) is 6.91. The number of likely N-dealkylation sites (tertiary alicyclic amines) is 1. The van der Waals surface area contributed by atoms with Crippen LogP contribution in [-0.2, 0) is 0 Å². The minimum Gasteiger partial charge on any atom is -0.477 e. The predicted molar refractivity (Wildman–Crippen MR) is 117 cm³/mol. The van der Waals surface area contributed by atoms with Crippen molar-refractivity contribution in [3.8, 4) is 11.6 Å². The SMILES string of the molecule is Cc1ccc(-n2nccn2)c(C(=O)N2CCC[C@@H](COc3ccc(Br)cn3)[C@@H]2C)c1. The fraction of sp³-hybridized carbons (Fsp3) is 0.364. The van der Waals surface area contributed by atoms with Gasteiger partial charge < -0.3 is 9.64 Å². The van der Waals surface area contributed by atoms with Crippen molar-refractivity contribution >= 4 is 21.8 Å². The number of halogens is 1. The number of aromatic nitrogens is 4. The van der Waals surface area contributed by atoms with Crippen LogP contribution in [0.1, 0.15) is 35.7 Å². The normalized spacial score (nSPS) is 19.0. The number of benzene rings is 1. The Morgan fingerprint density at radius 1 is 1.23 bits per heavy atom. The molecule has 0 unspecified atom stereocenters. The van der Waals surface area contributed by atoms with Gasteiger partial charge in [0, 0.05) is 35.2 Å². The number of piperidine rings is 1. The van der Waals surface area contributed by atoms with Gasteiger partial charge in [-0.15, -0.1) is 0 Å². The summed E-state index contributed by atoms with van der Waals surface area (Å²) in [5, 5.41) is 8.42. The predicted octanol–water partition coefficient (Wildman–Crippen LogP) is 4.05. The van der Waals surface area contributed by atoms with Crippen LogP contribution in [0.15, 0.2) is 53.4 Å². The zero-order valence-electron chi connectivity index (χ0n) is 17.0. The Bertz CT molecular complexity index is 1010. The van der Waals surface area contributed by atoms with Crippen LogP contribution < -0.4 is 4.74 Å². The second-order valence-electron chi connectivity index (χ2n) is 7.61. The lowest BCUT2D eigenvalue weighted by Gasteiger charge is -2.39. The van der Waals surface area contributed by atoms with Gasteiger partial charge in [-0.3, -0.25) is 4.79 Å². The molecule has 0 saturated carbocycles. The average molecular weight is 470 g/mol. The van der Waals surface area contributed by atoms with Gasteiger partial charge in [0.1, 0.15) is 0 Å². The minimum atomic E-state index is 0.00460. The molecule has 0 N–H and O–H groups in total. The number of carbonyl (C=O) groups excluding carboxylic acids is 1. The van der Waals surface area contributed by atoms with Gasteiger partial charge in [0.15, 0.2) is 0 Å². The number of hydrogen-bond acceptors (Lipinski definition) is 5. The maximum absolute atomic E-state index is 13.5. The molecule has 8 heteroatoms. The first-order chi connectivity index (χ1) is 14.5. The molecule has 3 aromatic rings. The third-order valence-corrected chi connectivity index (χ3v) is 6.04. The summed E-state index contributed by atoms with van der Waals surface area (Å²) in [6.45, 7) is 5.34. The molecule has 3 heterocycles. The van der Waals surface area contributed by atoms with Gasteiger partial charge in [-0.2, -0.15) is 15.0 Å². The number of ether oxygens (including phenoxy) is 1. The number of amides is 1. The number of rotatable bonds is 5. The molecule has 2 aromatic heterocycles. The first kappa shape index (κ1) is 20.5. The second-order valence-corrected chi connectivity index (χ2v) is 8.52. The molecule has 156 valence electrons. The minimum absolute atomic E-state index is 0.00460. The highest BCUT2D eigenvalue weighted by Crippen LogP contribution is 2.28. The van der Waals surface area contributed by atoms with Gasteiger partial charge in [0.25, 0.3) is 5.91 Å². The first-order valence-corrected chi connectivity index (χ1v) is 10.8. The van der Waals surface area contributed by atoms with E-state index in [1.54, 1.807) is 18.6 Å². The molecule has 0 radical (unpaired) electrons. The van der Waals surface area contributed by atoms with Gasteiger partial charge in [0.05, 0.1) is 30.3 Å². The monoisotopic (exact) mass is 469 g/mol. The molecule has 4 rings (SSSR count). The van der Waals surface area contributed by atoms with Gasteiger partial charge in [-0.25, -0.2) is 4.98 Å². The third-order valence-electron chi connectivity index (χ3n) is 5.57. The second kappa shape index (κ2) is 8.95. The maximum Gasteiger partial charge on any atom is 0.256 e. The molecule has 0 spiro atoms. The Balaban J connectivity index is 1.52. The molecule has 0 bridgehead atoms. The average Bonchev–Trinajstić information content (AvgIpc) is 3.28. The molecule has 30 heavy (non-hydrogen) atoms. The van der Waals surface area contributed by atoms with E-state index in [9.17, 15) is 4.79 Å². The molecule has 1 aliphatic rings. The van der Waals surface area contributed by atoms with Crippen molar-refractivity contribution in [2.45, 2.75) is 32.7 Å². The number of pyridine rings is 1.